The van der Waals surface area contributed by atoms with Crippen LogP contribution in [0.5, 0.6) is 0 Å². The molecule has 0 aromatic heterocycles. The van der Waals surface area contributed by atoms with Crippen LogP contribution in [0.25, 0.3) is 0 Å². The number of hydrogen-bond donors (Lipinski definition) is 1. The molecule has 0 bridgehead atoms. The van der Waals surface area contributed by atoms with Crippen molar-refractivity contribution < 1.29 is 17.6 Å². The summed E-state index contributed by atoms with van der Waals surface area (Å²) >= 11 is 6.07. The molecular weight excluding hydrogens is 415 g/mol. The summed E-state index contributed by atoms with van der Waals surface area (Å²) in [6.45, 7) is 4.96. The fourth-order valence-electron chi connectivity index (χ4n) is 3.70. The molecule has 2 aromatic carbocycles. The SMILES string of the molecule is C[C@@H]1C[C@@H](C)CN(S(=O)(=O)c2ccc(F)c(C(=O)NCc3ccccc3Cl)c2)C1. The quantitative estimate of drug-likeness (QED) is 0.765. The molecule has 1 amide bonds. The third-order valence-corrected chi connectivity index (χ3v) is 7.25. The van der Waals surface area contributed by atoms with E-state index in [0.717, 1.165) is 18.6 Å². The highest BCUT2D eigenvalue weighted by atomic mass is 35.5. The second kappa shape index (κ2) is 8.81. The lowest BCUT2D eigenvalue weighted by Gasteiger charge is -2.34. The Morgan fingerprint density at radius 3 is 2.48 bits per heavy atom. The van der Waals surface area contributed by atoms with Crippen LogP contribution in [0, 0.1) is 17.7 Å². The van der Waals surface area contributed by atoms with Gasteiger partial charge >= 0.3 is 0 Å². The molecule has 156 valence electrons. The van der Waals surface area contributed by atoms with Gasteiger partial charge in [0.15, 0.2) is 0 Å². The monoisotopic (exact) mass is 438 g/mol. The first-order chi connectivity index (χ1) is 13.7. The molecule has 29 heavy (non-hydrogen) atoms. The molecule has 1 aliphatic rings. The molecule has 5 nitrogen and oxygen atoms in total. The molecule has 1 fully saturated rings. The Hall–Kier alpha value is -1.96. The molecule has 2 aromatic rings. The van der Waals surface area contributed by atoms with E-state index in [9.17, 15) is 17.6 Å². The minimum Gasteiger partial charge on any atom is -0.348 e. The van der Waals surface area contributed by atoms with Gasteiger partial charge in [0.1, 0.15) is 5.82 Å². The number of carbonyl (C=O) groups is 1. The second-order valence-electron chi connectivity index (χ2n) is 7.68. The smallest absolute Gasteiger partial charge is 0.254 e. The first-order valence-corrected chi connectivity index (χ1v) is 11.3. The largest absolute Gasteiger partial charge is 0.348 e. The predicted octanol–water partition coefficient (Wildman–Crippen LogP) is 4.08. The average molecular weight is 439 g/mol. The van der Waals surface area contributed by atoms with Crippen molar-refractivity contribution >= 4 is 27.5 Å². The molecule has 1 N–H and O–H groups in total. The molecule has 3 rings (SSSR count). The number of carbonyl (C=O) groups excluding carboxylic acids is 1. The average Bonchev–Trinajstić information content (AvgIpc) is 2.66. The predicted molar refractivity (Wildman–Crippen MR) is 111 cm³/mol. The van der Waals surface area contributed by atoms with Gasteiger partial charge in [-0.1, -0.05) is 43.6 Å². The first kappa shape index (κ1) is 21.7. The van der Waals surface area contributed by atoms with Gasteiger partial charge in [0.2, 0.25) is 10.0 Å². The summed E-state index contributed by atoms with van der Waals surface area (Å²) in [5.74, 6) is -0.986. The highest BCUT2D eigenvalue weighted by molar-refractivity contribution is 7.89. The van der Waals surface area contributed by atoms with E-state index in [1.54, 1.807) is 24.3 Å². The van der Waals surface area contributed by atoms with Crippen LogP contribution >= 0.6 is 11.6 Å². The molecule has 0 saturated carbocycles. The van der Waals surface area contributed by atoms with E-state index in [2.05, 4.69) is 5.32 Å². The fourth-order valence-corrected chi connectivity index (χ4v) is 5.61. The Kier molecular flexibility index (Phi) is 6.61. The van der Waals surface area contributed by atoms with Crippen LogP contribution in [-0.2, 0) is 16.6 Å². The van der Waals surface area contributed by atoms with Crippen LogP contribution in [0.4, 0.5) is 4.39 Å². The standard InChI is InChI=1S/C21H24ClFN2O3S/c1-14-9-15(2)13-25(12-14)29(27,28)17-7-8-20(23)18(10-17)21(26)24-11-16-5-3-4-6-19(16)22/h3-8,10,14-15H,9,11-13H2,1-2H3,(H,24,26)/t14-,15-/m1/s1. The summed E-state index contributed by atoms with van der Waals surface area (Å²) in [5, 5.41) is 3.08. The summed E-state index contributed by atoms with van der Waals surface area (Å²) in [4.78, 5) is 12.4. The Balaban J connectivity index is 1.82. The van der Waals surface area contributed by atoms with Gasteiger partial charge in [0, 0.05) is 24.7 Å². The first-order valence-electron chi connectivity index (χ1n) is 9.49. The van der Waals surface area contributed by atoms with E-state index in [0.29, 0.717) is 23.7 Å². The van der Waals surface area contributed by atoms with Gasteiger partial charge in [-0.25, -0.2) is 12.8 Å². The van der Waals surface area contributed by atoms with E-state index in [-0.39, 0.29) is 28.8 Å². The molecule has 0 unspecified atom stereocenters. The normalized spacial score (nSPS) is 20.4. The number of benzene rings is 2. The summed E-state index contributed by atoms with van der Waals surface area (Å²) in [6, 6.07) is 10.3. The lowest BCUT2D eigenvalue weighted by atomic mass is 9.94. The molecule has 0 aliphatic carbocycles. The zero-order valence-corrected chi connectivity index (χ0v) is 17.9. The van der Waals surface area contributed by atoms with Gasteiger partial charge in [-0.05, 0) is 48.1 Å². The molecular formula is C21H24ClFN2O3S. The van der Waals surface area contributed by atoms with Gasteiger partial charge in [0.05, 0.1) is 10.5 Å². The molecule has 1 heterocycles. The number of nitrogens with zero attached hydrogens (tertiary/aromatic N) is 1. The molecule has 0 radical (unpaired) electrons. The summed E-state index contributed by atoms with van der Waals surface area (Å²) in [6.07, 6.45) is 0.963. The van der Waals surface area contributed by atoms with Gasteiger partial charge in [-0.2, -0.15) is 4.31 Å². The number of piperidine rings is 1. The van der Waals surface area contributed by atoms with Crippen molar-refractivity contribution in [2.45, 2.75) is 31.7 Å². The number of hydrogen-bond acceptors (Lipinski definition) is 3. The highest BCUT2D eigenvalue weighted by Crippen LogP contribution is 2.27. The fraction of sp³-hybridized carbons (Fsp3) is 0.381. The van der Waals surface area contributed by atoms with E-state index < -0.39 is 21.7 Å². The minimum absolute atomic E-state index is 0.0805. The van der Waals surface area contributed by atoms with Crippen molar-refractivity contribution in [3.05, 3.63) is 64.4 Å². The molecule has 8 heteroatoms. The Labute approximate surface area is 175 Å². The summed E-state index contributed by atoms with van der Waals surface area (Å²) in [5.41, 5.74) is 0.374. The van der Waals surface area contributed by atoms with E-state index in [4.69, 9.17) is 11.6 Å². The van der Waals surface area contributed by atoms with Crippen molar-refractivity contribution in [1.82, 2.24) is 9.62 Å². The zero-order chi connectivity index (χ0) is 21.2. The van der Waals surface area contributed by atoms with Gasteiger partial charge in [0.25, 0.3) is 5.91 Å². The third-order valence-electron chi connectivity index (χ3n) is 5.05. The lowest BCUT2D eigenvalue weighted by molar-refractivity contribution is 0.0946. The Morgan fingerprint density at radius 1 is 1.17 bits per heavy atom. The van der Waals surface area contributed by atoms with Crippen molar-refractivity contribution in [2.24, 2.45) is 11.8 Å². The summed E-state index contributed by atoms with van der Waals surface area (Å²) < 4.78 is 41.8. The van der Waals surface area contributed by atoms with Crippen LogP contribution in [0.15, 0.2) is 47.4 Å². The van der Waals surface area contributed by atoms with Crippen molar-refractivity contribution in [1.29, 1.82) is 0 Å². The second-order valence-corrected chi connectivity index (χ2v) is 10.0. The van der Waals surface area contributed by atoms with Gasteiger partial charge in [-0.3, -0.25) is 4.79 Å². The lowest BCUT2D eigenvalue weighted by Crippen LogP contribution is -2.42. The van der Waals surface area contributed by atoms with Crippen molar-refractivity contribution in [3.63, 3.8) is 0 Å². The molecule has 1 saturated heterocycles. The number of halogens is 2. The number of nitrogens with one attached hydrogen (secondary N) is 1. The highest BCUT2D eigenvalue weighted by Gasteiger charge is 2.32. The zero-order valence-electron chi connectivity index (χ0n) is 16.4. The maximum absolute atomic E-state index is 14.3. The van der Waals surface area contributed by atoms with Crippen molar-refractivity contribution in [3.8, 4) is 0 Å². The number of rotatable bonds is 5. The van der Waals surface area contributed by atoms with Crippen LogP contribution in [0.2, 0.25) is 5.02 Å². The third kappa shape index (κ3) is 4.97. The molecule has 0 spiro atoms. The van der Waals surface area contributed by atoms with Gasteiger partial charge in [-0.15, -0.1) is 0 Å². The van der Waals surface area contributed by atoms with Crippen LogP contribution in [0.3, 0.4) is 0 Å². The summed E-state index contributed by atoms with van der Waals surface area (Å²) in [7, 11) is -3.81. The van der Waals surface area contributed by atoms with Gasteiger partial charge < -0.3 is 5.32 Å². The molecule has 1 aliphatic heterocycles. The Bertz CT molecular complexity index is 1000. The minimum atomic E-state index is -3.81. The van der Waals surface area contributed by atoms with E-state index in [1.807, 2.05) is 13.8 Å². The van der Waals surface area contributed by atoms with Crippen molar-refractivity contribution in [2.75, 3.05) is 13.1 Å². The van der Waals surface area contributed by atoms with E-state index >= 15 is 0 Å². The van der Waals surface area contributed by atoms with E-state index in [1.165, 1.54) is 10.4 Å². The van der Waals surface area contributed by atoms with Crippen LogP contribution in [0.1, 0.15) is 36.2 Å². The van der Waals surface area contributed by atoms with Crippen LogP contribution in [-0.4, -0.2) is 31.7 Å². The maximum atomic E-state index is 14.3. The Morgan fingerprint density at radius 2 is 1.83 bits per heavy atom. The maximum Gasteiger partial charge on any atom is 0.254 e. The molecule has 2 atom stereocenters. The topological polar surface area (TPSA) is 66.5 Å². The number of amides is 1. The van der Waals surface area contributed by atoms with Crippen LogP contribution < -0.4 is 5.32 Å². The number of sulfonamides is 1.